The quantitative estimate of drug-likeness (QED) is 0.307. The van der Waals surface area contributed by atoms with Gasteiger partial charge >= 0.3 is 23.9 Å². The van der Waals surface area contributed by atoms with E-state index in [9.17, 15) is 28.8 Å². The summed E-state index contributed by atoms with van der Waals surface area (Å²) in [5, 5.41) is 0. The molecule has 0 bridgehead atoms. The number of hydrogen-bond donors (Lipinski definition) is 0. The van der Waals surface area contributed by atoms with Crippen molar-refractivity contribution in [2.24, 2.45) is 0 Å². The van der Waals surface area contributed by atoms with E-state index in [0.29, 0.717) is 0 Å². The summed E-state index contributed by atoms with van der Waals surface area (Å²) in [5.41, 5.74) is -0.162. The largest absolute Gasteiger partial charge is 0.463 e. The molecule has 1 unspecified atom stereocenters. The molecule has 31 heavy (non-hydrogen) atoms. The van der Waals surface area contributed by atoms with Crippen LogP contribution in [-0.4, -0.2) is 72.6 Å². The highest BCUT2D eigenvalue weighted by Crippen LogP contribution is 2.33. The molecule has 1 heterocycles. The van der Waals surface area contributed by atoms with E-state index in [4.69, 9.17) is 23.7 Å². The van der Waals surface area contributed by atoms with E-state index in [1.54, 1.807) is 0 Å². The SMILES string of the molecule is CC(=O)OC[C@H]1O[C@@H](C2=CC(=O)C=CC2=O)[C@H](OC(C)=O)C(OC(C)=O)[C@@H]1OC(C)=O. The van der Waals surface area contributed by atoms with Crippen LogP contribution in [0.15, 0.2) is 23.8 Å². The number of ketones is 2. The molecule has 11 heteroatoms. The molecule has 0 amide bonds. The van der Waals surface area contributed by atoms with Gasteiger partial charge in [0.1, 0.15) is 18.8 Å². The number of hydrogen-bond acceptors (Lipinski definition) is 11. The van der Waals surface area contributed by atoms with E-state index in [0.717, 1.165) is 45.9 Å². The number of carbonyl (C=O) groups excluding carboxylic acids is 6. The third kappa shape index (κ3) is 6.32. The van der Waals surface area contributed by atoms with Crippen LogP contribution in [0.5, 0.6) is 0 Å². The Bertz CT molecular complexity index is 853. The monoisotopic (exact) mass is 438 g/mol. The topological polar surface area (TPSA) is 149 Å². The van der Waals surface area contributed by atoms with Gasteiger partial charge in [-0.25, -0.2) is 0 Å². The van der Waals surface area contributed by atoms with Crippen LogP contribution in [0.2, 0.25) is 0 Å². The normalized spacial score (nSPS) is 27.7. The van der Waals surface area contributed by atoms with Crippen LogP contribution in [0.3, 0.4) is 0 Å². The first kappa shape index (κ1) is 23.9. The van der Waals surface area contributed by atoms with E-state index >= 15 is 0 Å². The van der Waals surface area contributed by atoms with Gasteiger partial charge in [0.2, 0.25) is 0 Å². The first-order chi connectivity index (χ1) is 14.5. The second-order valence-corrected chi connectivity index (χ2v) is 6.82. The molecule has 0 N–H and O–H groups in total. The third-order valence-corrected chi connectivity index (χ3v) is 4.28. The lowest BCUT2D eigenvalue weighted by Gasteiger charge is -2.44. The number of rotatable bonds is 6. The molecule has 2 aliphatic rings. The molecule has 0 aromatic heterocycles. The molecule has 2 rings (SSSR count). The van der Waals surface area contributed by atoms with E-state index in [2.05, 4.69) is 0 Å². The van der Waals surface area contributed by atoms with Gasteiger partial charge < -0.3 is 23.7 Å². The summed E-state index contributed by atoms with van der Waals surface area (Å²) in [6.45, 7) is 3.97. The molecule has 0 saturated carbocycles. The molecule has 0 radical (unpaired) electrons. The van der Waals surface area contributed by atoms with Gasteiger partial charge in [-0.3, -0.25) is 28.8 Å². The van der Waals surface area contributed by atoms with Crippen molar-refractivity contribution in [2.75, 3.05) is 6.61 Å². The number of ether oxygens (including phenoxy) is 5. The predicted octanol–water partition coefficient (Wildman–Crippen LogP) is -0.254. The Balaban J connectivity index is 2.55. The zero-order chi connectivity index (χ0) is 23.3. The maximum absolute atomic E-state index is 12.4. The van der Waals surface area contributed by atoms with E-state index in [1.807, 2.05) is 0 Å². The minimum atomic E-state index is -1.44. The predicted molar refractivity (Wildman–Crippen MR) is 99.2 cm³/mol. The first-order valence-corrected chi connectivity index (χ1v) is 9.28. The van der Waals surface area contributed by atoms with Gasteiger partial charge in [0.25, 0.3) is 0 Å². The van der Waals surface area contributed by atoms with Gasteiger partial charge in [0.15, 0.2) is 29.9 Å². The molecule has 0 aromatic carbocycles. The Kier molecular flexibility index (Phi) is 7.81. The standard InChI is InChI=1S/C20H22O11/c1-9(21)27-8-16-18(28-10(2)22)20(30-12(4)24)19(29-11(3)23)17(31-16)14-7-13(25)5-6-15(14)26/h5-7,16-20H,8H2,1-4H3/t16-,17+,18-,19+,20?/m1/s1. The van der Waals surface area contributed by atoms with Crippen LogP contribution in [0.25, 0.3) is 0 Å². The molecule has 0 spiro atoms. The average Bonchev–Trinajstić information content (AvgIpc) is 2.64. The van der Waals surface area contributed by atoms with Crippen molar-refractivity contribution in [2.45, 2.75) is 58.2 Å². The fourth-order valence-corrected chi connectivity index (χ4v) is 3.23. The highest BCUT2D eigenvalue weighted by Gasteiger charge is 2.53. The fourth-order valence-electron chi connectivity index (χ4n) is 3.23. The van der Waals surface area contributed by atoms with Crippen molar-refractivity contribution in [1.82, 2.24) is 0 Å². The van der Waals surface area contributed by atoms with Crippen LogP contribution in [-0.2, 0) is 52.5 Å². The number of allylic oxidation sites excluding steroid dienone is 3. The first-order valence-electron chi connectivity index (χ1n) is 9.28. The Labute approximate surface area is 177 Å². The van der Waals surface area contributed by atoms with Crippen molar-refractivity contribution in [3.63, 3.8) is 0 Å². The molecule has 1 aliphatic carbocycles. The minimum absolute atomic E-state index is 0.162. The van der Waals surface area contributed by atoms with Gasteiger partial charge in [-0.05, 0) is 18.2 Å². The van der Waals surface area contributed by atoms with Crippen LogP contribution in [0, 0.1) is 0 Å². The summed E-state index contributed by atoms with van der Waals surface area (Å²) >= 11 is 0. The van der Waals surface area contributed by atoms with Crippen molar-refractivity contribution < 1.29 is 52.5 Å². The van der Waals surface area contributed by atoms with Crippen LogP contribution in [0.4, 0.5) is 0 Å². The molecule has 11 nitrogen and oxygen atoms in total. The number of carbonyl (C=O) groups is 6. The maximum atomic E-state index is 12.4. The lowest BCUT2D eigenvalue weighted by atomic mass is 9.87. The molecule has 1 fully saturated rings. The summed E-state index contributed by atoms with van der Waals surface area (Å²) in [6.07, 6.45) is -3.70. The Hall–Kier alpha value is -3.34. The van der Waals surface area contributed by atoms with E-state index in [1.165, 1.54) is 0 Å². The Morgan fingerprint density at radius 2 is 1.35 bits per heavy atom. The van der Waals surface area contributed by atoms with Crippen molar-refractivity contribution in [3.05, 3.63) is 23.8 Å². The zero-order valence-electron chi connectivity index (χ0n) is 17.3. The van der Waals surface area contributed by atoms with Gasteiger partial charge in [-0.15, -0.1) is 0 Å². The molecule has 1 aliphatic heterocycles. The Morgan fingerprint density at radius 3 is 1.90 bits per heavy atom. The molecular weight excluding hydrogens is 416 g/mol. The molecule has 1 saturated heterocycles. The zero-order valence-corrected chi connectivity index (χ0v) is 17.3. The second kappa shape index (κ2) is 10.1. The van der Waals surface area contributed by atoms with E-state index in [-0.39, 0.29) is 5.57 Å². The summed E-state index contributed by atoms with van der Waals surface area (Å²) in [7, 11) is 0. The van der Waals surface area contributed by atoms with Crippen molar-refractivity contribution >= 4 is 35.4 Å². The van der Waals surface area contributed by atoms with Crippen LogP contribution >= 0.6 is 0 Å². The second-order valence-electron chi connectivity index (χ2n) is 6.82. The third-order valence-electron chi connectivity index (χ3n) is 4.28. The summed E-state index contributed by atoms with van der Waals surface area (Å²) in [5.74, 6) is -4.15. The lowest BCUT2D eigenvalue weighted by Crippen LogP contribution is -2.63. The van der Waals surface area contributed by atoms with Gasteiger partial charge in [-0.1, -0.05) is 0 Å². The van der Waals surface area contributed by atoms with E-state index < -0.39 is 72.6 Å². The fraction of sp³-hybridized carbons (Fsp3) is 0.500. The molecular formula is C20H22O11. The molecule has 5 atom stereocenters. The molecule has 168 valence electrons. The van der Waals surface area contributed by atoms with Gasteiger partial charge in [0, 0.05) is 33.3 Å². The number of esters is 4. The average molecular weight is 438 g/mol. The smallest absolute Gasteiger partial charge is 0.303 e. The Morgan fingerprint density at radius 1 is 0.806 bits per heavy atom. The summed E-state index contributed by atoms with van der Waals surface area (Å²) < 4.78 is 26.6. The van der Waals surface area contributed by atoms with Crippen molar-refractivity contribution in [3.8, 4) is 0 Å². The lowest BCUT2D eigenvalue weighted by molar-refractivity contribution is -0.246. The minimum Gasteiger partial charge on any atom is -0.463 e. The van der Waals surface area contributed by atoms with Crippen molar-refractivity contribution in [1.29, 1.82) is 0 Å². The summed E-state index contributed by atoms with van der Waals surface area (Å²) in [6, 6.07) is 0. The molecule has 0 aromatic rings. The van der Waals surface area contributed by atoms with Crippen LogP contribution in [0.1, 0.15) is 27.7 Å². The highest BCUT2D eigenvalue weighted by atomic mass is 16.7. The maximum Gasteiger partial charge on any atom is 0.303 e. The van der Waals surface area contributed by atoms with Gasteiger partial charge in [-0.2, -0.15) is 0 Å². The van der Waals surface area contributed by atoms with Gasteiger partial charge in [0.05, 0.1) is 0 Å². The van der Waals surface area contributed by atoms with Crippen LogP contribution < -0.4 is 0 Å². The summed E-state index contributed by atoms with van der Waals surface area (Å²) in [4.78, 5) is 70.8. The highest BCUT2D eigenvalue weighted by molar-refractivity contribution is 6.17.